The normalized spacial score (nSPS) is 11.1. The van der Waals surface area contributed by atoms with Crippen LogP contribution in [0.2, 0.25) is 0 Å². The first kappa shape index (κ1) is 21.6. The third kappa shape index (κ3) is 4.36. The fraction of sp³-hybridized carbons (Fsp3) is 0.192. The van der Waals surface area contributed by atoms with E-state index < -0.39 is 5.97 Å². The highest BCUT2D eigenvalue weighted by Gasteiger charge is 2.23. The van der Waals surface area contributed by atoms with E-state index in [1.165, 1.54) is 6.07 Å². The lowest BCUT2D eigenvalue weighted by molar-refractivity contribution is 0.0684. The van der Waals surface area contributed by atoms with Crippen molar-refractivity contribution < 1.29 is 19.0 Å². The molecule has 0 amide bonds. The second kappa shape index (κ2) is 9.24. The van der Waals surface area contributed by atoms with Crippen LogP contribution in [-0.4, -0.2) is 22.8 Å². The van der Waals surface area contributed by atoms with E-state index in [2.05, 4.69) is 5.32 Å². The Kier molecular flexibility index (Phi) is 6.23. The zero-order valence-electron chi connectivity index (χ0n) is 18.1. The minimum atomic E-state index is -1.03. The zero-order chi connectivity index (χ0) is 22.7. The summed E-state index contributed by atoms with van der Waals surface area (Å²) in [4.78, 5) is 12.3. The van der Waals surface area contributed by atoms with Gasteiger partial charge in [0.15, 0.2) is 0 Å². The number of aryl methyl sites for hydroxylation is 1. The summed E-state index contributed by atoms with van der Waals surface area (Å²) in [5, 5.41) is 14.3. The standard InChI is InChI=1S/C26H25FN2O3/c1-17-10-11-21-22(15-28-14-18-6-5-8-20(13-18)32-2)25(26(30)31)29(24(21)12-17)16-19-7-3-4-9-23(19)27/h3-13,28H,14-16H2,1-2H3,(H,30,31). The van der Waals surface area contributed by atoms with E-state index in [0.717, 1.165) is 27.8 Å². The molecule has 0 aliphatic carbocycles. The summed E-state index contributed by atoms with van der Waals surface area (Å²) >= 11 is 0. The number of hydrogen-bond acceptors (Lipinski definition) is 3. The quantitative estimate of drug-likeness (QED) is 0.405. The molecule has 0 saturated carbocycles. The molecule has 0 aliphatic heterocycles. The third-order valence-electron chi connectivity index (χ3n) is 5.58. The van der Waals surface area contributed by atoms with Gasteiger partial charge in [-0.05, 0) is 42.3 Å². The highest BCUT2D eigenvalue weighted by atomic mass is 19.1. The molecule has 0 unspecified atom stereocenters. The van der Waals surface area contributed by atoms with Crippen molar-refractivity contribution in [2.24, 2.45) is 0 Å². The van der Waals surface area contributed by atoms with Gasteiger partial charge < -0.3 is 19.7 Å². The second-order valence-electron chi connectivity index (χ2n) is 7.79. The van der Waals surface area contributed by atoms with Gasteiger partial charge in [-0.25, -0.2) is 9.18 Å². The van der Waals surface area contributed by atoms with Crippen molar-refractivity contribution in [3.05, 3.63) is 100 Å². The number of carboxylic acid groups (broad SMARTS) is 1. The summed E-state index contributed by atoms with van der Waals surface area (Å²) < 4.78 is 21.3. The van der Waals surface area contributed by atoms with Gasteiger partial charge in [-0.15, -0.1) is 0 Å². The van der Waals surface area contributed by atoms with Crippen LogP contribution in [0.1, 0.15) is 32.7 Å². The van der Waals surface area contributed by atoms with Crippen molar-refractivity contribution in [2.75, 3.05) is 7.11 Å². The van der Waals surface area contributed by atoms with E-state index in [4.69, 9.17) is 4.74 Å². The van der Waals surface area contributed by atoms with Crippen LogP contribution in [0.4, 0.5) is 4.39 Å². The Morgan fingerprint density at radius 3 is 2.62 bits per heavy atom. The molecular formula is C26H25FN2O3. The summed E-state index contributed by atoms with van der Waals surface area (Å²) in [6, 6.07) is 20.0. The molecule has 1 heterocycles. The lowest BCUT2D eigenvalue weighted by Crippen LogP contribution is -2.17. The lowest BCUT2D eigenvalue weighted by Gasteiger charge is -2.11. The minimum absolute atomic E-state index is 0.143. The number of halogens is 1. The zero-order valence-corrected chi connectivity index (χ0v) is 18.1. The number of fused-ring (bicyclic) bond motifs is 1. The smallest absolute Gasteiger partial charge is 0.352 e. The Bertz CT molecular complexity index is 1280. The van der Waals surface area contributed by atoms with Gasteiger partial charge in [-0.1, -0.05) is 42.5 Å². The first-order valence-corrected chi connectivity index (χ1v) is 10.4. The number of carboxylic acids is 1. The minimum Gasteiger partial charge on any atom is -0.497 e. The molecule has 5 nitrogen and oxygen atoms in total. The van der Waals surface area contributed by atoms with Crippen molar-refractivity contribution in [1.29, 1.82) is 0 Å². The van der Waals surface area contributed by atoms with Gasteiger partial charge in [0.05, 0.1) is 13.7 Å². The Balaban J connectivity index is 1.72. The molecule has 0 fully saturated rings. The highest BCUT2D eigenvalue weighted by Crippen LogP contribution is 2.29. The molecule has 0 saturated heterocycles. The summed E-state index contributed by atoms with van der Waals surface area (Å²) in [6.45, 7) is 3.02. The first-order chi connectivity index (χ1) is 15.5. The van der Waals surface area contributed by atoms with Gasteiger partial charge in [-0.3, -0.25) is 0 Å². The predicted molar refractivity (Wildman–Crippen MR) is 123 cm³/mol. The molecule has 4 aromatic rings. The number of aromatic nitrogens is 1. The number of nitrogens with zero attached hydrogens (tertiary/aromatic N) is 1. The second-order valence-corrected chi connectivity index (χ2v) is 7.79. The van der Waals surface area contributed by atoms with Crippen molar-refractivity contribution in [3.63, 3.8) is 0 Å². The van der Waals surface area contributed by atoms with Crippen molar-refractivity contribution in [3.8, 4) is 5.75 Å². The van der Waals surface area contributed by atoms with E-state index >= 15 is 0 Å². The molecule has 164 valence electrons. The maximum Gasteiger partial charge on any atom is 0.352 e. The maximum atomic E-state index is 14.4. The Morgan fingerprint density at radius 2 is 1.88 bits per heavy atom. The number of rotatable bonds is 8. The number of aromatic carboxylic acids is 1. The lowest BCUT2D eigenvalue weighted by atomic mass is 10.1. The van der Waals surface area contributed by atoms with Crippen LogP contribution in [0.3, 0.4) is 0 Å². The van der Waals surface area contributed by atoms with Crippen LogP contribution in [0.25, 0.3) is 10.9 Å². The molecule has 3 aromatic carbocycles. The van der Waals surface area contributed by atoms with Gasteiger partial charge in [0.2, 0.25) is 0 Å². The maximum absolute atomic E-state index is 14.4. The number of ether oxygens (including phenoxy) is 1. The summed E-state index contributed by atoms with van der Waals surface area (Å²) in [7, 11) is 1.62. The van der Waals surface area contributed by atoms with E-state index in [9.17, 15) is 14.3 Å². The predicted octanol–water partition coefficient (Wildman–Crippen LogP) is 5.13. The highest BCUT2D eigenvalue weighted by molar-refractivity contribution is 5.98. The molecule has 0 atom stereocenters. The van der Waals surface area contributed by atoms with Crippen LogP contribution in [-0.2, 0) is 19.6 Å². The van der Waals surface area contributed by atoms with Gasteiger partial charge in [-0.2, -0.15) is 0 Å². The molecular weight excluding hydrogens is 407 g/mol. The van der Waals surface area contributed by atoms with Gasteiger partial charge >= 0.3 is 5.97 Å². The summed E-state index contributed by atoms with van der Waals surface area (Å²) in [6.07, 6.45) is 0. The summed E-state index contributed by atoms with van der Waals surface area (Å²) in [5.41, 5.74) is 4.14. The largest absolute Gasteiger partial charge is 0.497 e. The van der Waals surface area contributed by atoms with Gasteiger partial charge in [0.1, 0.15) is 17.3 Å². The van der Waals surface area contributed by atoms with Crippen LogP contribution >= 0.6 is 0 Å². The molecule has 1 aromatic heterocycles. The van der Waals surface area contributed by atoms with E-state index in [-0.39, 0.29) is 18.1 Å². The molecule has 0 spiro atoms. The van der Waals surface area contributed by atoms with Crippen molar-refractivity contribution in [1.82, 2.24) is 9.88 Å². The third-order valence-corrected chi connectivity index (χ3v) is 5.58. The van der Waals surface area contributed by atoms with Gasteiger partial charge in [0.25, 0.3) is 0 Å². The van der Waals surface area contributed by atoms with Crippen LogP contribution < -0.4 is 10.1 Å². The average molecular weight is 432 g/mol. The fourth-order valence-corrected chi connectivity index (χ4v) is 4.03. The molecule has 0 aliphatic rings. The van der Waals surface area contributed by atoms with Crippen molar-refractivity contribution in [2.45, 2.75) is 26.6 Å². The molecule has 6 heteroatoms. The Labute approximate surface area is 186 Å². The van der Waals surface area contributed by atoms with Gasteiger partial charge in [0, 0.05) is 35.1 Å². The SMILES string of the molecule is COc1cccc(CNCc2c(C(=O)O)n(Cc3ccccc3F)c3cc(C)ccc23)c1. The van der Waals surface area contributed by atoms with Crippen LogP contribution in [0.5, 0.6) is 5.75 Å². The average Bonchev–Trinajstić information content (AvgIpc) is 3.08. The fourth-order valence-electron chi connectivity index (χ4n) is 4.03. The number of nitrogens with one attached hydrogen (secondary N) is 1. The molecule has 32 heavy (non-hydrogen) atoms. The monoisotopic (exact) mass is 432 g/mol. The molecule has 4 rings (SSSR count). The number of benzene rings is 3. The molecule has 0 bridgehead atoms. The number of carbonyl (C=O) groups is 1. The number of methoxy groups -OCH3 is 1. The van der Waals surface area contributed by atoms with E-state index in [1.54, 1.807) is 29.9 Å². The number of hydrogen-bond donors (Lipinski definition) is 2. The van der Waals surface area contributed by atoms with E-state index in [1.807, 2.05) is 49.4 Å². The topological polar surface area (TPSA) is 63.5 Å². The Morgan fingerprint density at radius 1 is 1.06 bits per heavy atom. The summed E-state index contributed by atoms with van der Waals surface area (Å²) in [5.74, 6) is -0.614. The Hall–Kier alpha value is -3.64. The molecule has 2 N–H and O–H groups in total. The molecule has 0 radical (unpaired) electrons. The van der Waals surface area contributed by atoms with Crippen molar-refractivity contribution >= 4 is 16.9 Å². The van der Waals surface area contributed by atoms with Crippen LogP contribution in [0, 0.1) is 12.7 Å². The van der Waals surface area contributed by atoms with Crippen LogP contribution in [0.15, 0.2) is 66.7 Å². The first-order valence-electron chi connectivity index (χ1n) is 10.4. The van der Waals surface area contributed by atoms with E-state index in [0.29, 0.717) is 24.2 Å².